The van der Waals surface area contributed by atoms with Crippen molar-refractivity contribution in [3.05, 3.63) is 0 Å². The van der Waals surface area contributed by atoms with Crippen LogP contribution in [0.3, 0.4) is 0 Å². The van der Waals surface area contributed by atoms with Crippen LogP contribution in [0.1, 0.15) is 53.4 Å². The summed E-state index contributed by atoms with van der Waals surface area (Å²) in [6.45, 7) is 11.4. The van der Waals surface area contributed by atoms with Gasteiger partial charge in [0.25, 0.3) is 0 Å². The molecule has 0 aliphatic rings. The van der Waals surface area contributed by atoms with E-state index in [1.807, 2.05) is 6.92 Å². The highest BCUT2D eigenvalue weighted by atomic mass is 16.5. The lowest BCUT2D eigenvalue weighted by atomic mass is 9.87. The Morgan fingerprint density at radius 2 is 1.94 bits per heavy atom. The summed E-state index contributed by atoms with van der Waals surface area (Å²) in [6, 6.07) is 0. The van der Waals surface area contributed by atoms with E-state index in [-0.39, 0.29) is 6.10 Å². The Hall–Kier alpha value is -0.120. The predicted molar refractivity (Wildman–Crippen MR) is 73.3 cm³/mol. The SMILES string of the molecule is CCCCCC(C)(C)CNCC(O)COCC. The number of unbranched alkanes of at least 4 members (excludes halogenated alkanes) is 2. The molecule has 0 aromatic heterocycles. The van der Waals surface area contributed by atoms with Crippen LogP contribution in [0.4, 0.5) is 0 Å². The number of aliphatic hydroxyl groups excluding tert-OH is 1. The third-order valence-corrected chi connectivity index (χ3v) is 2.95. The van der Waals surface area contributed by atoms with Crippen molar-refractivity contribution in [2.24, 2.45) is 5.41 Å². The molecule has 2 N–H and O–H groups in total. The summed E-state index contributed by atoms with van der Waals surface area (Å²) in [7, 11) is 0. The van der Waals surface area contributed by atoms with E-state index in [0.717, 1.165) is 6.54 Å². The van der Waals surface area contributed by atoms with Crippen LogP contribution in [-0.2, 0) is 4.74 Å². The van der Waals surface area contributed by atoms with E-state index in [9.17, 15) is 5.11 Å². The molecule has 1 atom stereocenters. The van der Waals surface area contributed by atoms with Gasteiger partial charge >= 0.3 is 0 Å². The van der Waals surface area contributed by atoms with Gasteiger partial charge in [-0.2, -0.15) is 0 Å². The van der Waals surface area contributed by atoms with Gasteiger partial charge in [-0.3, -0.25) is 0 Å². The molecule has 0 radical (unpaired) electrons. The maximum absolute atomic E-state index is 9.60. The molecular weight excluding hydrogens is 214 g/mol. The highest BCUT2D eigenvalue weighted by molar-refractivity contribution is 4.72. The molecule has 0 bridgehead atoms. The monoisotopic (exact) mass is 245 g/mol. The maximum atomic E-state index is 9.60. The zero-order valence-electron chi connectivity index (χ0n) is 12.1. The van der Waals surface area contributed by atoms with Gasteiger partial charge in [0.1, 0.15) is 0 Å². The van der Waals surface area contributed by atoms with E-state index >= 15 is 0 Å². The Morgan fingerprint density at radius 1 is 1.24 bits per heavy atom. The van der Waals surface area contributed by atoms with Crippen molar-refractivity contribution in [2.45, 2.75) is 59.5 Å². The minimum absolute atomic E-state index is 0.320. The molecule has 0 saturated carbocycles. The molecule has 3 nitrogen and oxygen atoms in total. The average molecular weight is 245 g/mol. The van der Waals surface area contributed by atoms with Crippen LogP contribution in [0, 0.1) is 5.41 Å². The van der Waals surface area contributed by atoms with Crippen molar-refractivity contribution in [2.75, 3.05) is 26.3 Å². The van der Waals surface area contributed by atoms with Crippen LogP contribution in [0.25, 0.3) is 0 Å². The number of hydrogen-bond acceptors (Lipinski definition) is 3. The van der Waals surface area contributed by atoms with Gasteiger partial charge in [-0.1, -0.05) is 40.0 Å². The van der Waals surface area contributed by atoms with E-state index in [0.29, 0.717) is 25.2 Å². The predicted octanol–water partition coefficient (Wildman–Crippen LogP) is 2.58. The van der Waals surface area contributed by atoms with Crippen molar-refractivity contribution in [3.63, 3.8) is 0 Å². The summed E-state index contributed by atoms with van der Waals surface area (Å²) in [5.41, 5.74) is 0.320. The van der Waals surface area contributed by atoms with Crippen LogP contribution >= 0.6 is 0 Å². The summed E-state index contributed by atoms with van der Waals surface area (Å²) < 4.78 is 5.17. The summed E-state index contributed by atoms with van der Waals surface area (Å²) in [6.07, 6.45) is 4.75. The molecule has 17 heavy (non-hydrogen) atoms. The largest absolute Gasteiger partial charge is 0.389 e. The second kappa shape index (κ2) is 9.86. The van der Waals surface area contributed by atoms with E-state index < -0.39 is 0 Å². The molecule has 104 valence electrons. The fourth-order valence-electron chi connectivity index (χ4n) is 1.83. The van der Waals surface area contributed by atoms with Gasteiger partial charge in [0.2, 0.25) is 0 Å². The van der Waals surface area contributed by atoms with Gasteiger partial charge in [0, 0.05) is 19.7 Å². The molecule has 0 saturated heterocycles. The zero-order chi connectivity index (χ0) is 13.1. The molecule has 0 aromatic rings. The molecule has 0 amide bonds. The molecule has 1 unspecified atom stereocenters. The Balaban J connectivity index is 3.56. The normalized spacial score (nSPS) is 13.9. The summed E-state index contributed by atoms with van der Waals surface area (Å²) in [4.78, 5) is 0. The van der Waals surface area contributed by atoms with Crippen molar-refractivity contribution < 1.29 is 9.84 Å². The number of nitrogens with one attached hydrogen (secondary N) is 1. The lowest BCUT2D eigenvalue weighted by molar-refractivity contribution is 0.0415. The number of rotatable bonds is 11. The van der Waals surface area contributed by atoms with Crippen molar-refractivity contribution in [3.8, 4) is 0 Å². The molecule has 0 rings (SSSR count). The minimum atomic E-state index is -0.388. The van der Waals surface area contributed by atoms with Crippen molar-refractivity contribution in [1.29, 1.82) is 0 Å². The molecule has 0 aromatic carbocycles. The maximum Gasteiger partial charge on any atom is 0.0897 e. The molecule has 0 fully saturated rings. The van der Waals surface area contributed by atoms with Crippen LogP contribution in [0.5, 0.6) is 0 Å². The van der Waals surface area contributed by atoms with Gasteiger partial charge in [0.05, 0.1) is 12.7 Å². The van der Waals surface area contributed by atoms with Gasteiger partial charge in [-0.25, -0.2) is 0 Å². The fourth-order valence-corrected chi connectivity index (χ4v) is 1.83. The van der Waals surface area contributed by atoms with E-state index in [4.69, 9.17) is 4.74 Å². The first-order valence-electron chi connectivity index (χ1n) is 6.98. The van der Waals surface area contributed by atoms with E-state index in [1.165, 1.54) is 25.7 Å². The third kappa shape index (κ3) is 10.7. The molecule has 0 aliphatic carbocycles. The Labute approximate surface area is 107 Å². The molecular formula is C14H31NO2. The van der Waals surface area contributed by atoms with Crippen LogP contribution < -0.4 is 5.32 Å². The summed E-state index contributed by atoms with van der Waals surface area (Å²) in [5.74, 6) is 0. The van der Waals surface area contributed by atoms with Crippen molar-refractivity contribution >= 4 is 0 Å². The first kappa shape index (κ1) is 16.9. The minimum Gasteiger partial charge on any atom is -0.389 e. The highest BCUT2D eigenvalue weighted by Gasteiger charge is 2.17. The first-order valence-corrected chi connectivity index (χ1v) is 6.98. The van der Waals surface area contributed by atoms with Gasteiger partial charge < -0.3 is 15.2 Å². The molecule has 0 heterocycles. The van der Waals surface area contributed by atoms with Gasteiger partial charge in [0.15, 0.2) is 0 Å². The molecule has 0 aliphatic heterocycles. The number of hydrogen-bond donors (Lipinski definition) is 2. The average Bonchev–Trinajstić information content (AvgIpc) is 2.26. The van der Waals surface area contributed by atoms with Crippen LogP contribution in [-0.4, -0.2) is 37.5 Å². The lowest BCUT2D eigenvalue weighted by Gasteiger charge is -2.25. The topological polar surface area (TPSA) is 41.5 Å². The summed E-state index contributed by atoms with van der Waals surface area (Å²) >= 11 is 0. The summed E-state index contributed by atoms with van der Waals surface area (Å²) in [5, 5.41) is 12.9. The number of ether oxygens (including phenoxy) is 1. The third-order valence-electron chi connectivity index (χ3n) is 2.95. The molecule has 3 heteroatoms. The Bertz CT molecular complexity index is 172. The standard InChI is InChI=1S/C14H31NO2/c1-5-7-8-9-14(3,4)12-15-10-13(16)11-17-6-2/h13,15-16H,5-12H2,1-4H3. The van der Waals surface area contributed by atoms with Gasteiger partial charge in [-0.15, -0.1) is 0 Å². The smallest absolute Gasteiger partial charge is 0.0897 e. The second-order valence-corrected chi connectivity index (χ2v) is 5.57. The van der Waals surface area contributed by atoms with Gasteiger partial charge in [-0.05, 0) is 18.8 Å². The second-order valence-electron chi connectivity index (χ2n) is 5.57. The lowest BCUT2D eigenvalue weighted by Crippen LogP contribution is -2.36. The Morgan fingerprint density at radius 3 is 2.53 bits per heavy atom. The van der Waals surface area contributed by atoms with E-state index in [1.54, 1.807) is 0 Å². The fraction of sp³-hybridized carbons (Fsp3) is 1.00. The van der Waals surface area contributed by atoms with Crippen LogP contribution in [0.15, 0.2) is 0 Å². The Kier molecular flexibility index (Phi) is 9.79. The number of aliphatic hydroxyl groups is 1. The first-order chi connectivity index (χ1) is 8.02. The quantitative estimate of drug-likeness (QED) is 0.550. The highest BCUT2D eigenvalue weighted by Crippen LogP contribution is 2.22. The van der Waals surface area contributed by atoms with Crippen molar-refractivity contribution in [1.82, 2.24) is 5.32 Å². The van der Waals surface area contributed by atoms with E-state index in [2.05, 4.69) is 26.1 Å². The molecule has 0 spiro atoms. The zero-order valence-corrected chi connectivity index (χ0v) is 12.1. The van der Waals surface area contributed by atoms with Crippen LogP contribution in [0.2, 0.25) is 0 Å².